The van der Waals surface area contributed by atoms with Crippen molar-refractivity contribution in [2.45, 2.75) is 55.8 Å². The Kier molecular flexibility index (Phi) is 4.73. The molecule has 1 saturated heterocycles. The molecule has 2 rings (SSSR count). The summed E-state index contributed by atoms with van der Waals surface area (Å²) in [7, 11) is -2.13. The summed E-state index contributed by atoms with van der Waals surface area (Å²) in [6.45, 7) is 0.599. The monoisotopic (exact) mass is 301 g/mol. The van der Waals surface area contributed by atoms with Crippen molar-refractivity contribution in [3.8, 4) is 0 Å². The van der Waals surface area contributed by atoms with E-state index in [2.05, 4.69) is 10.4 Å². The van der Waals surface area contributed by atoms with Gasteiger partial charge in [0.25, 0.3) is 17.5 Å². The molecular formula is C12H22N4O3P+. The van der Waals surface area contributed by atoms with Crippen molar-refractivity contribution in [2.24, 2.45) is 11.5 Å². The molecule has 1 aliphatic carbocycles. The number of nitrogens with two attached hydrogens (primary N) is 2. The number of rotatable bonds is 3. The van der Waals surface area contributed by atoms with E-state index in [1.165, 1.54) is 0 Å². The normalized spacial score (nSPS) is 35.1. The maximum atomic E-state index is 12.2. The minimum atomic E-state index is -2.13. The molecule has 2 amide bonds. The molecule has 1 saturated carbocycles. The van der Waals surface area contributed by atoms with E-state index < -0.39 is 25.1 Å². The van der Waals surface area contributed by atoms with Crippen molar-refractivity contribution in [1.29, 1.82) is 0 Å². The number of carbonyl (C=O) groups is 2. The molecular weight excluding hydrogens is 279 g/mol. The lowest BCUT2D eigenvalue weighted by atomic mass is 9.79. The van der Waals surface area contributed by atoms with E-state index in [0.717, 1.165) is 19.3 Å². The summed E-state index contributed by atoms with van der Waals surface area (Å²) in [5, 5.41) is 5.10. The van der Waals surface area contributed by atoms with Crippen LogP contribution in [0.2, 0.25) is 0 Å². The maximum Gasteiger partial charge on any atom is 0.475 e. The van der Waals surface area contributed by atoms with Gasteiger partial charge in [-0.3, -0.25) is 9.59 Å². The van der Waals surface area contributed by atoms with Crippen LogP contribution >= 0.6 is 7.95 Å². The molecule has 8 heteroatoms. The van der Waals surface area contributed by atoms with Crippen molar-refractivity contribution in [2.75, 3.05) is 6.54 Å². The second-order valence-electron chi connectivity index (χ2n) is 5.73. The molecule has 4 atom stereocenters. The Morgan fingerprint density at radius 2 is 2.15 bits per heavy atom. The van der Waals surface area contributed by atoms with E-state index in [0.29, 0.717) is 25.8 Å². The molecule has 2 fully saturated rings. The van der Waals surface area contributed by atoms with Crippen LogP contribution in [-0.2, 0) is 14.2 Å². The maximum absolute atomic E-state index is 12.2. The zero-order valence-corrected chi connectivity index (χ0v) is 12.3. The Hall–Kier alpha value is -1.04. The molecule has 0 radical (unpaired) electrons. The van der Waals surface area contributed by atoms with Crippen molar-refractivity contribution in [3.05, 3.63) is 0 Å². The van der Waals surface area contributed by atoms with Crippen LogP contribution < -0.4 is 21.9 Å². The largest absolute Gasteiger partial charge is 0.475 e. The number of nitrogens with one attached hydrogen (secondary N) is 2. The quantitative estimate of drug-likeness (QED) is 0.533. The van der Waals surface area contributed by atoms with Crippen molar-refractivity contribution >= 4 is 19.8 Å². The first-order chi connectivity index (χ1) is 9.42. The van der Waals surface area contributed by atoms with E-state index >= 15 is 0 Å². The van der Waals surface area contributed by atoms with Gasteiger partial charge in [0, 0.05) is 19.0 Å². The first-order valence-electron chi connectivity index (χ1n) is 7.02. The third-order valence-corrected chi connectivity index (χ3v) is 5.51. The SMILES string of the molecule is NC1CCCC(N)(C(=O)N[P+](=O)[C@H]2CCCNC2=O)C1. The summed E-state index contributed by atoms with van der Waals surface area (Å²) < 4.78 is 12.2. The highest BCUT2D eigenvalue weighted by Crippen LogP contribution is 2.32. The Morgan fingerprint density at radius 3 is 2.80 bits per heavy atom. The Morgan fingerprint density at radius 1 is 1.40 bits per heavy atom. The second-order valence-corrected chi connectivity index (χ2v) is 7.23. The van der Waals surface area contributed by atoms with Gasteiger partial charge in [0.1, 0.15) is 5.54 Å². The Labute approximate surface area is 119 Å². The van der Waals surface area contributed by atoms with Crippen molar-refractivity contribution < 1.29 is 14.2 Å². The summed E-state index contributed by atoms with van der Waals surface area (Å²) in [5.74, 6) is -0.712. The van der Waals surface area contributed by atoms with Crippen LogP contribution in [0, 0.1) is 0 Å². The van der Waals surface area contributed by atoms with Crippen LogP contribution in [0.3, 0.4) is 0 Å². The van der Waals surface area contributed by atoms with E-state index in [1.54, 1.807) is 0 Å². The van der Waals surface area contributed by atoms with E-state index in [-0.39, 0.29) is 11.9 Å². The molecule has 1 heterocycles. The zero-order chi connectivity index (χ0) is 14.8. The van der Waals surface area contributed by atoms with Gasteiger partial charge >= 0.3 is 7.95 Å². The minimum absolute atomic E-state index is 0.102. The number of carbonyl (C=O) groups excluding carboxylic acids is 2. The smallest absolute Gasteiger partial charge is 0.352 e. The first kappa shape index (κ1) is 15.4. The zero-order valence-electron chi connectivity index (χ0n) is 11.4. The lowest BCUT2D eigenvalue weighted by Gasteiger charge is -2.33. The van der Waals surface area contributed by atoms with Gasteiger partial charge in [-0.25, -0.2) is 0 Å². The van der Waals surface area contributed by atoms with Gasteiger partial charge in [0.2, 0.25) is 0 Å². The lowest BCUT2D eigenvalue weighted by molar-refractivity contribution is -0.125. The summed E-state index contributed by atoms with van der Waals surface area (Å²) >= 11 is 0. The fraction of sp³-hybridized carbons (Fsp3) is 0.833. The number of piperidine rings is 1. The predicted octanol–water partition coefficient (Wildman–Crippen LogP) is -0.278. The van der Waals surface area contributed by atoms with Crippen LogP contribution in [0.15, 0.2) is 0 Å². The number of hydrogen-bond donors (Lipinski definition) is 4. The Balaban J connectivity index is 1.96. The van der Waals surface area contributed by atoms with Crippen LogP contribution in [-0.4, -0.2) is 35.6 Å². The molecule has 6 N–H and O–H groups in total. The van der Waals surface area contributed by atoms with Crippen molar-refractivity contribution in [3.63, 3.8) is 0 Å². The topological polar surface area (TPSA) is 127 Å². The highest BCUT2D eigenvalue weighted by atomic mass is 31.1. The van der Waals surface area contributed by atoms with Gasteiger partial charge in [-0.1, -0.05) is 0 Å². The summed E-state index contributed by atoms with van der Waals surface area (Å²) in [4.78, 5) is 23.8. The van der Waals surface area contributed by atoms with Gasteiger partial charge in [-0.05, 0) is 36.7 Å². The summed E-state index contributed by atoms with van der Waals surface area (Å²) in [6, 6.07) is -0.102. The van der Waals surface area contributed by atoms with Gasteiger partial charge in [0.05, 0.1) is 0 Å². The molecule has 0 aromatic carbocycles. The van der Waals surface area contributed by atoms with Crippen LogP contribution in [0.1, 0.15) is 38.5 Å². The van der Waals surface area contributed by atoms with Gasteiger partial charge in [-0.15, -0.1) is 5.09 Å². The third kappa shape index (κ3) is 3.34. The molecule has 0 aromatic rings. The fourth-order valence-electron chi connectivity index (χ4n) is 2.83. The molecule has 2 aliphatic rings. The average molecular weight is 301 g/mol. The van der Waals surface area contributed by atoms with Gasteiger partial charge in [0.15, 0.2) is 0 Å². The first-order valence-corrected chi connectivity index (χ1v) is 8.35. The standard InChI is InChI=1S/C12H21N4O3P/c13-8-3-1-5-12(14,7-8)11(18)16-20(19)9-4-2-6-15-10(9)17/h8-9H,1-7,13-14H2,(H-,15,16,17,18,19)/p+1/t8?,9-,12?/m0/s1. The summed E-state index contributed by atoms with van der Waals surface area (Å²) in [5.41, 5.74) is 10.2. The van der Waals surface area contributed by atoms with Crippen LogP contribution in [0.4, 0.5) is 0 Å². The summed E-state index contributed by atoms with van der Waals surface area (Å²) in [6.07, 6.45) is 3.85. The molecule has 0 bridgehead atoms. The molecule has 7 nitrogen and oxygen atoms in total. The molecule has 0 spiro atoms. The van der Waals surface area contributed by atoms with Crippen LogP contribution in [0.25, 0.3) is 0 Å². The fourth-order valence-corrected chi connectivity index (χ4v) is 4.13. The second kappa shape index (κ2) is 6.16. The molecule has 20 heavy (non-hydrogen) atoms. The molecule has 0 aromatic heterocycles. The van der Waals surface area contributed by atoms with Crippen molar-refractivity contribution in [1.82, 2.24) is 10.4 Å². The van der Waals surface area contributed by atoms with Gasteiger partial charge in [-0.2, -0.15) is 0 Å². The number of hydrogen-bond acceptors (Lipinski definition) is 5. The van der Waals surface area contributed by atoms with E-state index in [1.807, 2.05) is 0 Å². The highest BCUT2D eigenvalue weighted by Gasteiger charge is 2.46. The van der Waals surface area contributed by atoms with E-state index in [9.17, 15) is 14.2 Å². The van der Waals surface area contributed by atoms with Gasteiger partial charge < -0.3 is 16.8 Å². The lowest BCUT2D eigenvalue weighted by Crippen LogP contribution is -2.57. The number of amides is 2. The average Bonchev–Trinajstić information content (AvgIpc) is 2.38. The minimum Gasteiger partial charge on any atom is -0.352 e. The van der Waals surface area contributed by atoms with Crippen LogP contribution in [0.5, 0.6) is 0 Å². The Bertz CT molecular complexity index is 431. The third-order valence-electron chi connectivity index (χ3n) is 4.03. The van der Waals surface area contributed by atoms with E-state index in [4.69, 9.17) is 11.5 Å². The molecule has 112 valence electrons. The molecule has 3 unspecified atom stereocenters. The predicted molar refractivity (Wildman–Crippen MR) is 75.1 cm³/mol. The highest BCUT2D eigenvalue weighted by molar-refractivity contribution is 7.45. The molecule has 1 aliphatic heterocycles.